The van der Waals surface area contributed by atoms with Crippen molar-refractivity contribution in [2.75, 3.05) is 7.05 Å². The van der Waals surface area contributed by atoms with Crippen molar-refractivity contribution in [1.29, 1.82) is 0 Å². The fraction of sp³-hybridized carbons (Fsp3) is 0.500. The van der Waals surface area contributed by atoms with E-state index in [1.54, 1.807) is 7.05 Å². The van der Waals surface area contributed by atoms with Crippen molar-refractivity contribution < 1.29 is 9.59 Å². The largest absolute Gasteiger partial charge is 0.345 e. The summed E-state index contributed by atoms with van der Waals surface area (Å²) in [4.78, 5) is 23.2. The minimum Gasteiger partial charge on any atom is -0.345 e. The molecule has 1 aromatic carbocycles. The summed E-state index contributed by atoms with van der Waals surface area (Å²) in [5.41, 5.74) is 1.09. The summed E-state index contributed by atoms with van der Waals surface area (Å²) in [6, 6.07) is 9.09. The van der Waals surface area contributed by atoms with E-state index in [0.717, 1.165) is 11.8 Å². The minimum absolute atomic E-state index is 0.130. The second-order valence-electron chi connectivity index (χ2n) is 5.41. The fourth-order valence-electron chi connectivity index (χ4n) is 2.12. The first-order valence-corrected chi connectivity index (χ1v) is 7.03. The molecule has 0 bridgehead atoms. The summed E-state index contributed by atoms with van der Waals surface area (Å²) >= 11 is 0. The molecule has 4 nitrogen and oxygen atoms in total. The Bertz CT molecular complexity index is 418. The smallest absolute Gasteiger partial charge is 0.238 e. The van der Waals surface area contributed by atoms with Crippen molar-refractivity contribution in [3.8, 4) is 0 Å². The third kappa shape index (κ3) is 5.53. The van der Waals surface area contributed by atoms with E-state index in [4.69, 9.17) is 0 Å². The number of amides is 1. The van der Waals surface area contributed by atoms with Gasteiger partial charge in [0.15, 0.2) is 0 Å². The van der Waals surface area contributed by atoms with Crippen LogP contribution in [0.15, 0.2) is 30.3 Å². The summed E-state index contributed by atoms with van der Waals surface area (Å²) in [6.45, 7) is 4.06. The van der Waals surface area contributed by atoms with E-state index in [0.29, 0.717) is 18.8 Å². The van der Waals surface area contributed by atoms with Gasteiger partial charge in [-0.05, 0) is 31.4 Å². The molecule has 0 radical (unpaired) electrons. The van der Waals surface area contributed by atoms with Crippen molar-refractivity contribution in [2.45, 2.75) is 38.8 Å². The standard InChI is InChI=1S/C16H24N2O2/c1-12(2)9-14(11-19)18-16(20)15(17-3)10-13-7-5-4-6-8-13/h4-8,11-12,14-15,17H,9-10H2,1-3H3,(H,18,20). The maximum Gasteiger partial charge on any atom is 0.238 e. The average molecular weight is 276 g/mol. The predicted octanol–water partition coefficient (Wildman–Crippen LogP) is 1.55. The average Bonchev–Trinajstić information content (AvgIpc) is 2.44. The van der Waals surface area contributed by atoms with Gasteiger partial charge in [0.05, 0.1) is 12.1 Å². The number of aldehydes is 1. The van der Waals surface area contributed by atoms with Crippen LogP contribution in [0.1, 0.15) is 25.8 Å². The number of carbonyl (C=O) groups is 2. The number of carbonyl (C=O) groups excluding carboxylic acids is 2. The lowest BCUT2D eigenvalue weighted by Gasteiger charge is -2.20. The highest BCUT2D eigenvalue weighted by atomic mass is 16.2. The van der Waals surface area contributed by atoms with Gasteiger partial charge in [0.1, 0.15) is 6.29 Å². The molecule has 20 heavy (non-hydrogen) atoms. The molecule has 2 N–H and O–H groups in total. The van der Waals surface area contributed by atoms with E-state index in [-0.39, 0.29) is 11.9 Å². The van der Waals surface area contributed by atoms with Crippen molar-refractivity contribution >= 4 is 12.2 Å². The van der Waals surface area contributed by atoms with Gasteiger partial charge in [-0.1, -0.05) is 44.2 Å². The van der Waals surface area contributed by atoms with Gasteiger partial charge in [-0.2, -0.15) is 0 Å². The highest BCUT2D eigenvalue weighted by Crippen LogP contribution is 2.06. The second-order valence-corrected chi connectivity index (χ2v) is 5.41. The molecule has 1 amide bonds. The molecule has 2 atom stereocenters. The SMILES string of the molecule is CNC(Cc1ccccc1)C(=O)NC(C=O)CC(C)C. The predicted molar refractivity (Wildman–Crippen MR) is 80.4 cm³/mol. The highest BCUT2D eigenvalue weighted by Gasteiger charge is 2.20. The molecule has 0 saturated carbocycles. The number of benzene rings is 1. The van der Waals surface area contributed by atoms with Crippen LogP contribution in [0.5, 0.6) is 0 Å². The van der Waals surface area contributed by atoms with Gasteiger partial charge >= 0.3 is 0 Å². The number of rotatable bonds is 8. The van der Waals surface area contributed by atoms with Crippen LogP contribution in [-0.2, 0) is 16.0 Å². The van der Waals surface area contributed by atoms with Gasteiger partial charge < -0.3 is 15.4 Å². The van der Waals surface area contributed by atoms with E-state index >= 15 is 0 Å². The first kappa shape index (κ1) is 16.4. The van der Waals surface area contributed by atoms with Crippen LogP contribution in [0.25, 0.3) is 0 Å². The van der Waals surface area contributed by atoms with Crippen LogP contribution in [0.2, 0.25) is 0 Å². The molecule has 1 rings (SSSR count). The number of likely N-dealkylation sites (N-methyl/N-ethyl adjacent to an activating group) is 1. The van der Waals surface area contributed by atoms with E-state index in [9.17, 15) is 9.59 Å². The van der Waals surface area contributed by atoms with E-state index in [1.165, 1.54) is 0 Å². The van der Waals surface area contributed by atoms with Gasteiger partial charge in [0, 0.05) is 0 Å². The second kappa shape index (κ2) is 8.48. The molecule has 0 fully saturated rings. The van der Waals surface area contributed by atoms with Crippen LogP contribution >= 0.6 is 0 Å². The Balaban J connectivity index is 2.60. The number of hydrogen-bond donors (Lipinski definition) is 2. The Labute approximate surface area is 121 Å². The molecule has 2 unspecified atom stereocenters. The maximum absolute atomic E-state index is 12.2. The quantitative estimate of drug-likeness (QED) is 0.708. The van der Waals surface area contributed by atoms with Crippen molar-refractivity contribution in [1.82, 2.24) is 10.6 Å². The van der Waals surface area contributed by atoms with Gasteiger partial charge in [0.25, 0.3) is 0 Å². The van der Waals surface area contributed by atoms with Crippen molar-refractivity contribution in [2.24, 2.45) is 5.92 Å². The van der Waals surface area contributed by atoms with Crippen molar-refractivity contribution in [3.63, 3.8) is 0 Å². The Hall–Kier alpha value is -1.68. The zero-order valence-electron chi connectivity index (χ0n) is 12.4. The van der Waals surface area contributed by atoms with E-state index in [2.05, 4.69) is 10.6 Å². The Morgan fingerprint density at radius 2 is 1.90 bits per heavy atom. The molecule has 0 spiro atoms. The molecule has 0 aromatic heterocycles. The molecule has 0 aliphatic heterocycles. The van der Waals surface area contributed by atoms with Gasteiger partial charge in [-0.3, -0.25) is 4.79 Å². The normalized spacial score (nSPS) is 13.8. The molecule has 0 heterocycles. The summed E-state index contributed by atoms with van der Waals surface area (Å²) in [5.74, 6) is 0.238. The minimum atomic E-state index is -0.408. The van der Waals surface area contributed by atoms with Gasteiger partial charge in [-0.25, -0.2) is 0 Å². The van der Waals surface area contributed by atoms with Crippen LogP contribution < -0.4 is 10.6 Å². The van der Waals surface area contributed by atoms with Crippen LogP contribution in [-0.4, -0.2) is 31.3 Å². The zero-order valence-corrected chi connectivity index (χ0v) is 12.4. The molecule has 0 aliphatic carbocycles. The maximum atomic E-state index is 12.2. The van der Waals surface area contributed by atoms with Gasteiger partial charge in [0.2, 0.25) is 5.91 Å². The lowest BCUT2D eigenvalue weighted by molar-refractivity contribution is -0.125. The molecule has 0 saturated heterocycles. The summed E-state index contributed by atoms with van der Waals surface area (Å²) in [5, 5.41) is 5.80. The van der Waals surface area contributed by atoms with Crippen molar-refractivity contribution in [3.05, 3.63) is 35.9 Å². The highest BCUT2D eigenvalue weighted by molar-refractivity contribution is 5.84. The Kier molecular flexibility index (Phi) is 6.94. The summed E-state index contributed by atoms with van der Waals surface area (Å²) in [6.07, 6.45) is 2.08. The first-order valence-electron chi connectivity index (χ1n) is 7.03. The van der Waals surface area contributed by atoms with Crippen LogP contribution in [0.3, 0.4) is 0 Å². The number of hydrogen-bond acceptors (Lipinski definition) is 3. The summed E-state index contributed by atoms with van der Waals surface area (Å²) in [7, 11) is 1.76. The van der Waals surface area contributed by atoms with Gasteiger partial charge in [-0.15, -0.1) is 0 Å². The third-order valence-electron chi connectivity index (χ3n) is 3.16. The molecule has 1 aromatic rings. The topological polar surface area (TPSA) is 58.2 Å². The zero-order chi connectivity index (χ0) is 15.0. The van der Waals surface area contributed by atoms with E-state index < -0.39 is 6.04 Å². The molecule has 4 heteroatoms. The Morgan fingerprint density at radius 3 is 2.40 bits per heavy atom. The fourth-order valence-corrected chi connectivity index (χ4v) is 2.12. The Morgan fingerprint density at radius 1 is 1.25 bits per heavy atom. The number of nitrogens with one attached hydrogen (secondary N) is 2. The summed E-state index contributed by atoms with van der Waals surface area (Å²) < 4.78 is 0. The molecule has 0 aliphatic rings. The van der Waals surface area contributed by atoms with Crippen LogP contribution in [0.4, 0.5) is 0 Å². The van der Waals surface area contributed by atoms with E-state index in [1.807, 2.05) is 44.2 Å². The molecule has 110 valence electrons. The molecular weight excluding hydrogens is 252 g/mol. The first-order chi connectivity index (χ1) is 9.56. The molecular formula is C16H24N2O2. The third-order valence-corrected chi connectivity index (χ3v) is 3.16. The monoisotopic (exact) mass is 276 g/mol. The van der Waals surface area contributed by atoms with Crippen LogP contribution in [0, 0.1) is 5.92 Å². The lowest BCUT2D eigenvalue weighted by atomic mass is 10.0. The lowest BCUT2D eigenvalue weighted by Crippen LogP contribution is -2.48.